The van der Waals surface area contributed by atoms with Gasteiger partial charge in [0.25, 0.3) is 0 Å². The van der Waals surface area contributed by atoms with Crippen LogP contribution in [0.5, 0.6) is 0 Å². The molecule has 1 aliphatic heterocycles. The number of ether oxygens (including phenoxy) is 2. The second-order valence-electron chi connectivity index (χ2n) is 7.61. The average molecular weight is 297 g/mol. The van der Waals surface area contributed by atoms with Gasteiger partial charge in [0, 0.05) is 12.6 Å². The summed E-state index contributed by atoms with van der Waals surface area (Å²) in [7, 11) is 1.45. The molecule has 1 spiro atoms. The minimum Gasteiger partial charge on any atom is -0.469 e. The fraction of sp³-hybridized carbons (Fsp3) is 0.875. The number of nitrogens with zero attached hydrogens (tertiary/aromatic N) is 1. The Kier molecular flexibility index (Phi) is 4.22. The minimum absolute atomic E-state index is 0.0512. The van der Waals surface area contributed by atoms with Crippen LogP contribution < -0.4 is 0 Å². The molecule has 0 bridgehead atoms. The number of carbonyl (C=O) groups excluding carboxylic acids is 2. The fourth-order valence-corrected chi connectivity index (χ4v) is 3.70. The number of rotatable bonds is 1. The lowest BCUT2D eigenvalue weighted by Gasteiger charge is -2.53. The molecule has 1 aliphatic carbocycles. The zero-order chi connectivity index (χ0) is 15.8. The average Bonchev–Trinajstić information content (AvgIpc) is 2.32. The van der Waals surface area contributed by atoms with Crippen LogP contribution in [0.25, 0.3) is 0 Å². The first kappa shape index (κ1) is 16.1. The van der Waals surface area contributed by atoms with Crippen molar-refractivity contribution in [2.75, 3.05) is 13.7 Å². The summed E-state index contributed by atoms with van der Waals surface area (Å²) < 4.78 is 10.3. The second-order valence-corrected chi connectivity index (χ2v) is 7.61. The molecule has 2 rings (SSSR count). The third-order valence-electron chi connectivity index (χ3n) is 4.66. The Bertz CT molecular complexity index is 420. The molecule has 2 fully saturated rings. The number of methoxy groups -OCH3 is 1. The van der Waals surface area contributed by atoms with Crippen LogP contribution in [0.2, 0.25) is 0 Å². The molecule has 5 heteroatoms. The normalized spacial score (nSPS) is 32.5. The highest BCUT2D eigenvalue weighted by atomic mass is 16.6. The Morgan fingerprint density at radius 2 is 1.81 bits per heavy atom. The van der Waals surface area contributed by atoms with Gasteiger partial charge in [-0.3, -0.25) is 4.79 Å². The minimum atomic E-state index is -0.460. The number of esters is 1. The van der Waals surface area contributed by atoms with E-state index in [1.807, 2.05) is 25.7 Å². The highest BCUT2D eigenvalue weighted by molar-refractivity contribution is 5.73. The maximum Gasteiger partial charge on any atom is 0.410 e. The molecule has 21 heavy (non-hydrogen) atoms. The molecular weight excluding hydrogens is 270 g/mol. The van der Waals surface area contributed by atoms with Gasteiger partial charge in [0.15, 0.2) is 0 Å². The van der Waals surface area contributed by atoms with Crippen LogP contribution >= 0.6 is 0 Å². The molecule has 1 saturated carbocycles. The molecule has 1 atom stereocenters. The SMILES string of the molecule is COC(=O)C1CC2(CCN(C(=O)OC(C)(C)C)C(C)C2)C1. The Labute approximate surface area is 127 Å². The van der Waals surface area contributed by atoms with Gasteiger partial charge < -0.3 is 14.4 Å². The number of piperidine rings is 1. The van der Waals surface area contributed by atoms with Gasteiger partial charge in [-0.25, -0.2) is 4.79 Å². The van der Waals surface area contributed by atoms with E-state index in [0.29, 0.717) is 6.54 Å². The van der Waals surface area contributed by atoms with Crippen LogP contribution in [-0.4, -0.2) is 42.3 Å². The van der Waals surface area contributed by atoms with Gasteiger partial charge in [0.05, 0.1) is 13.0 Å². The van der Waals surface area contributed by atoms with Gasteiger partial charge in [0.2, 0.25) is 0 Å². The molecule has 0 aromatic carbocycles. The lowest BCUT2D eigenvalue weighted by molar-refractivity contribution is -0.157. The molecule has 0 N–H and O–H groups in total. The second kappa shape index (κ2) is 5.50. The quantitative estimate of drug-likeness (QED) is 0.698. The summed E-state index contributed by atoms with van der Waals surface area (Å²) in [5.74, 6) is -0.0434. The van der Waals surface area contributed by atoms with Gasteiger partial charge in [0.1, 0.15) is 5.60 Å². The first-order valence-corrected chi connectivity index (χ1v) is 7.73. The van der Waals surface area contributed by atoms with E-state index in [4.69, 9.17) is 9.47 Å². The van der Waals surface area contributed by atoms with Crippen molar-refractivity contribution >= 4 is 12.1 Å². The van der Waals surface area contributed by atoms with E-state index in [9.17, 15) is 9.59 Å². The van der Waals surface area contributed by atoms with Crippen molar-refractivity contribution in [1.82, 2.24) is 4.90 Å². The molecule has 0 radical (unpaired) electrons. The van der Waals surface area contributed by atoms with Crippen LogP contribution in [0.1, 0.15) is 53.4 Å². The van der Waals surface area contributed by atoms with E-state index in [1.165, 1.54) is 7.11 Å². The van der Waals surface area contributed by atoms with Crippen molar-refractivity contribution in [2.24, 2.45) is 11.3 Å². The van der Waals surface area contributed by atoms with Crippen LogP contribution in [0.4, 0.5) is 4.79 Å². The van der Waals surface area contributed by atoms with Crippen molar-refractivity contribution in [1.29, 1.82) is 0 Å². The molecule has 2 aliphatic rings. The van der Waals surface area contributed by atoms with E-state index in [0.717, 1.165) is 25.7 Å². The summed E-state index contributed by atoms with van der Waals surface area (Å²) in [6.07, 6.45) is 3.45. The number of likely N-dealkylation sites (tertiary alicyclic amines) is 1. The fourth-order valence-electron chi connectivity index (χ4n) is 3.70. The summed E-state index contributed by atoms with van der Waals surface area (Å²) in [5.41, 5.74) is -0.241. The van der Waals surface area contributed by atoms with E-state index in [1.54, 1.807) is 0 Å². The van der Waals surface area contributed by atoms with E-state index >= 15 is 0 Å². The lowest BCUT2D eigenvalue weighted by atomic mass is 9.56. The standard InChI is InChI=1S/C16H27NO4/c1-11-8-16(9-12(10-16)13(18)20-5)6-7-17(11)14(19)21-15(2,3)4/h11-12H,6-10H2,1-5H3. The molecule has 1 unspecified atom stereocenters. The van der Waals surface area contributed by atoms with E-state index < -0.39 is 5.60 Å². The number of hydrogen-bond acceptors (Lipinski definition) is 4. The first-order valence-electron chi connectivity index (χ1n) is 7.73. The van der Waals surface area contributed by atoms with Gasteiger partial charge >= 0.3 is 12.1 Å². The van der Waals surface area contributed by atoms with Crippen LogP contribution in [-0.2, 0) is 14.3 Å². The maximum atomic E-state index is 12.2. The molecule has 0 aromatic rings. The summed E-state index contributed by atoms with van der Waals surface area (Å²) in [6, 6.07) is 0.159. The zero-order valence-electron chi connectivity index (χ0n) is 13.8. The summed E-state index contributed by atoms with van der Waals surface area (Å²) in [4.78, 5) is 25.5. The highest BCUT2D eigenvalue weighted by Crippen LogP contribution is 2.54. The number of amides is 1. The molecule has 5 nitrogen and oxygen atoms in total. The predicted molar refractivity (Wildman–Crippen MR) is 78.8 cm³/mol. The molecular formula is C16H27NO4. The predicted octanol–water partition coefficient (Wildman–Crippen LogP) is 2.98. The van der Waals surface area contributed by atoms with Crippen LogP contribution in [0.15, 0.2) is 0 Å². The Morgan fingerprint density at radius 3 is 2.29 bits per heavy atom. The topological polar surface area (TPSA) is 55.8 Å². The van der Waals surface area contributed by atoms with Crippen molar-refractivity contribution in [3.8, 4) is 0 Å². The molecule has 1 amide bonds. The number of hydrogen-bond donors (Lipinski definition) is 0. The first-order chi connectivity index (χ1) is 9.66. The molecule has 0 aromatic heterocycles. The third-order valence-corrected chi connectivity index (χ3v) is 4.66. The van der Waals surface area contributed by atoms with Crippen molar-refractivity contribution in [3.63, 3.8) is 0 Å². The van der Waals surface area contributed by atoms with Crippen LogP contribution in [0.3, 0.4) is 0 Å². The van der Waals surface area contributed by atoms with Gasteiger partial charge in [-0.2, -0.15) is 0 Å². The Balaban J connectivity index is 1.89. The third kappa shape index (κ3) is 3.50. The van der Waals surface area contributed by atoms with Gasteiger partial charge in [-0.1, -0.05) is 0 Å². The zero-order valence-corrected chi connectivity index (χ0v) is 13.8. The summed E-state index contributed by atoms with van der Waals surface area (Å²) >= 11 is 0. The van der Waals surface area contributed by atoms with Crippen molar-refractivity contribution in [3.05, 3.63) is 0 Å². The van der Waals surface area contributed by atoms with E-state index in [-0.39, 0.29) is 29.4 Å². The van der Waals surface area contributed by atoms with E-state index in [2.05, 4.69) is 6.92 Å². The summed E-state index contributed by atoms with van der Waals surface area (Å²) in [5, 5.41) is 0. The monoisotopic (exact) mass is 297 g/mol. The van der Waals surface area contributed by atoms with Crippen molar-refractivity contribution < 1.29 is 19.1 Å². The largest absolute Gasteiger partial charge is 0.469 e. The van der Waals surface area contributed by atoms with Crippen molar-refractivity contribution in [2.45, 2.75) is 65.0 Å². The van der Waals surface area contributed by atoms with Gasteiger partial charge in [-0.05, 0) is 58.8 Å². The Hall–Kier alpha value is -1.26. The van der Waals surface area contributed by atoms with Gasteiger partial charge in [-0.15, -0.1) is 0 Å². The molecule has 120 valence electrons. The maximum absolute atomic E-state index is 12.2. The number of carbonyl (C=O) groups is 2. The Morgan fingerprint density at radius 1 is 1.19 bits per heavy atom. The molecule has 1 saturated heterocycles. The highest BCUT2D eigenvalue weighted by Gasteiger charge is 2.51. The smallest absolute Gasteiger partial charge is 0.410 e. The van der Waals surface area contributed by atoms with Crippen LogP contribution in [0, 0.1) is 11.3 Å². The summed E-state index contributed by atoms with van der Waals surface area (Å²) in [6.45, 7) is 8.43. The molecule has 1 heterocycles. The lowest BCUT2D eigenvalue weighted by Crippen LogP contribution is -2.54.